The van der Waals surface area contributed by atoms with E-state index in [1.165, 1.54) is 11.3 Å². The molecule has 1 aliphatic heterocycles. The largest absolute Gasteiger partial charge is 0.289 e. The molecule has 1 unspecified atom stereocenters. The lowest BCUT2D eigenvalue weighted by molar-refractivity contribution is 0.00514. The van der Waals surface area contributed by atoms with Crippen LogP contribution in [0.4, 0.5) is 0 Å². The summed E-state index contributed by atoms with van der Waals surface area (Å²) in [5.74, 6) is 0. The number of hydrogen-bond donors (Lipinski definition) is 1. The molecule has 17 heavy (non-hydrogen) atoms. The minimum Gasteiger partial charge on any atom is -0.289 e. The van der Waals surface area contributed by atoms with Crippen molar-refractivity contribution in [2.24, 2.45) is 5.41 Å². The van der Waals surface area contributed by atoms with Gasteiger partial charge < -0.3 is 0 Å². The summed E-state index contributed by atoms with van der Waals surface area (Å²) < 4.78 is 0. The van der Waals surface area contributed by atoms with Crippen LogP contribution in [0.1, 0.15) is 52.8 Å². The average Bonchev–Trinajstić information content (AvgIpc) is 2.59. The predicted octanol–water partition coefficient (Wildman–Crippen LogP) is 2.98. The summed E-state index contributed by atoms with van der Waals surface area (Å²) in [5, 5.41) is 7.33. The molecule has 96 valence electrons. The van der Waals surface area contributed by atoms with E-state index in [2.05, 4.69) is 56.6 Å². The van der Waals surface area contributed by atoms with Crippen molar-refractivity contribution < 1.29 is 0 Å². The van der Waals surface area contributed by atoms with E-state index in [0.717, 1.165) is 13.0 Å². The third-order valence-corrected chi connectivity index (χ3v) is 3.79. The Hall–Kier alpha value is -0.830. The fourth-order valence-corrected chi connectivity index (χ4v) is 2.73. The second kappa shape index (κ2) is 3.84. The van der Waals surface area contributed by atoms with Gasteiger partial charge in [0, 0.05) is 18.1 Å². The summed E-state index contributed by atoms with van der Waals surface area (Å²) in [6.45, 7) is 14.9. The van der Waals surface area contributed by atoms with Crippen molar-refractivity contribution in [2.75, 3.05) is 0 Å². The van der Waals surface area contributed by atoms with Crippen LogP contribution in [-0.2, 0) is 13.0 Å². The lowest BCUT2D eigenvalue weighted by Crippen LogP contribution is -2.55. The monoisotopic (exact) mass is 235 g/mol. The van der Waals surface area contributed by atoms with Gasteiger partial charge in [0.05, 0.1) is 11.9 Å². The Morgan fingerprint density at radius 1 is 1.24 bits per heavy atom. The van der Waals surface area contributed by atoms with Crippen LogP contribution in [0.25, 0.3) is 0 Å². The van der Waals surface area contributed by atoms with Gasteiger partial charge in [0.15, 0.2) is 0 Å². The third-order valence-electron chi connectivity index (χ3n) is 3.79. The molecule has 1 aromatic heterocycles. The summed E-state index contributed by atoms with van der Waals surface area (Å²) in [5.41, 5.74) is 3.18. The molecule has 1 atom stereocenters. The van der Waals surface area contributed by atoms with Crippen LogP contribution >= 0.6 is 0 Å². The lowest BCUT2D eigenvalue weighted by atomic mass is 9.78. The van der Waals surface area contributed by atoms with E-state index >= 15 is 0 Å². The Bertz CT molecular complexity index is 356. The topological polar surface area (TPSA) is 31.9 Å². The van der Waals surface area contributed by atoms with Crippen molar-refractivity contribution in [1.82, 2.24) is 15.1 Å². The van der Waals surface area contributed by atoms with Crippen molar-refractivity contribution in [2.45, 2.75) is 66.1 Å². The molecule has 0 bridgehead atoms. The van der Waals surface area contributed by atoms with Gasteiger partial charge >= 0.3 is 0 Å². The maximum atomic E-state index is 4.19. The van der Waals surface area contributed by atoms with Gasteiger partial charge in [0.1, 0.15) is 0 Å². The summed E-state index contributed by atoms with van der Waals surface area (Å²) in [6.07, 6.45) is 3.10. The normalized spacial score (nSPS) is 22.6. The molecule has 0 fully saturated rings. The van der Waals surface area contributed by atoms with Crippen LogP contribution in [-0.4, -0.2) is 26.7 Å². The van der Waals surface area contributed by atoms with Crippen LogP contribution in [0.5, 0.6) is 0 Å². The van der Waals surface area contributed by atoms with Gasteiger partial charge in [-0.25, -0.2) is 0 Å². The number of fused-ring (bicyclic) bond motifs is 1. The first-order valence-electron chi connectivity index (χ1n) is 6.47. The van der Waals surface area contributed by atoms with Gasteiger partial charge in [0.2, 0.25) is 0 Å². The van der Waals surface area contributed by atoms with Crippen LogP contribution in [0.3, 0.4) is 0 Å². The summed E-state index contributed by atoms with van der Waals surface area (Å²) in [6, 6.07) is 0.576. The molecule has 0 aromatic carbocycles. The molecule has 2 heterocycles. The molecular formula is C14H25N3. The summed E-state index contributed by atoms with van der Waals surface area (Å²) in [7, 11) is 0. The Labute approximate surface area is 105 Å². The summed E-state index contributed by atoms with van der Waals surface area (Å²) in [4.78, 5) is 2.60. The predicted molar refractivity (Wildman–Crippen MR) is 70.8 cm³/mol. The fourth-order valence-electron chi connectivity index (χ4n) is 2.73. The molecular weight excluding hydrogens is 210 g/mol. The second-order valence-electron chi connectivity index (χ2n) is 7.26. The first-order chi connectivity index (χ1) is 7.69. The molecule has 0 saturated heterocycles. The highest BCUT2D eigenvalue weighted by Crippen LogP contribution is 2.36. The molecule has 3 nitrogen and oxygen atoms in total. The highest BCUT2D eigenvalue weighted by Gasteiger charge is 2.40. The average molecular weight is 235 g/mol. The van der Waals surface area contributed by atoms with Crippen molar-refractivity contribution in [3.8, 4) is 0 Å². The van der Waals surface area contributed by atoms with Crippen LogP contribution in [0.2, 0.25) is 0 Å². The zero-order chi connectivity index (χ0) is 12.8. The highest BCUT2D eigenvalue weighted by molar-refractivity contribution is 5.22. The maximum Gasteiger partial charge on any atom is 0.0525 e. The number of nitrogens with one attached hydrogen (secondary N) is 1. The van der Waals surface area contributed by atoms with Gasteiger partial charge in [0.25, 0.3) is 0 Å². The number of aromatic nitrogens is 2. The smallest absolute Gasteiger partial charge is 0.0525 e. The highest BCUT2D eigenvalue weighted by atomic mass is 15.3. The molecule has 1 aromatic rings. The Morgan fingerprint density at radius 2 is 1.88 bits per heavy atom. The van der Waals surface area contributed by atoms with Gasteiger partial charge in [-0.1, -0.05) is 20.8 Å². The van der Waals surface area contributed by atoms with E-state index in [1.807, 2.05) is 6.20 Å². The number of hydrogen-bond acceptors (Lipinski definition) is 2. The van der Waals surface area contributed by atoms with Crippen LogP contribution < -0.4 is 0 Å². The molecule has 0 aliphatic carbocycles. The Balaban J connectivity index is 2.36. The Kier molecular flexibility index (Phi) is 2.85. The molecule has 0 saturated carbocycles. The van der Waals surface area contributed by atoms with Crippen molar-refractivity contribution in [1.29, 1.82) is 0 Å². The molecule has 0 spiro atoms. The number of H-pyrrole nitrogens is 1. The molecule has 1 aliphatic rings. The second-order valence-corrected chi connectivity index (χ2v) is 7.26. The molecule has 0 amide bonds. The van der Waals surface area contributed by atoms with Gasteiger partial charge in [-0.3, -0.25) is 10.00 Å². The van der Waals surface area contributed by atoms with Crippen LogP contribution in [0.15, 0.2) is 6.20 Å². The number of rotatable bonds is 0. The van der Waals surface area contributed by atoms with Crippen molar-refractivity contribution >= 4 is 0 Å². The zero-order valence-electron chi connectivity index (χ0n) is 12.0. The third kappa shape index (κ3) is 2.39. The SMILES string of the molecule is CC(C)(C)C1Cc2cn[nH]c2CN1C(C)(C)C. The van der Waals surface area contributed by atoms with E-state index < -0.39 is 0 Å². The molecule has 2 rings (SSSR count). The summed E-state index contributed by atoms with van der Waals surface area (Å²) >= 11 is 0. The van der Waals surface area contributed by atoms with Crippen molar-refractivity contribution in [3.05, 3.63) is 17.5 Å². The fraction of sp³-hybridized carbons (Fsp3) is 0.786. The minimum absolute atomic E-state index is 0.195. The number of nitrogens with zero attached hydrogens (tertiary/aromatic N) is 2. The Morgan fingerprint density at radius 3 is 2.41 bits per heavy atom. The molecule has 1 N–H and O–H groups in total. The van der Waals surface area contributed by atoms with Gasteiger partial charge in [-0.15, -0.1) is 0 Å². The van der Waals surface area contributed by atoms with E-state index in [0.29, 0.717) is 11.5 Å². The maximum absolute atomic E-state index is 4.19. The van der Waals surface area contributed by atoms with E-state index in [4.69, 9.17) is 0 Å². The van der Waals surface area contributed by atoms with Crippen LogP contribution in [0, 0.1) is 5.41 Å². The lowest BCUT2D eigenvalue weighted by Gasteiger charge is -2.49. The molecule has 0 radical (unpaired) electrons. The van der Waals surface area contributed by atoms with E-state index in [1.54, 1.807) is 0 Å². The van der Waals surface area contributed by atoms with Crippen molar-refractivity contribution in [3.63, 3.8) is 0 Å². The van der Waals surface area contributed by atoms with E-state index in [9.17, 15) is 0 Å². The molecule has 3 heteroatoms. The quantitative estimate of drug-likeness (QED) is 0.749. The zero-order valence-corrected chi connectivity index (χ0v) is 12.0. The first-order valence-corrected chi connectivity index (χ1v) is 6.47. The first kappa shape index (κ1) is 12.6. The number of aromatic amines is 1. The van der Waals surface area contributed by atoms with E-state index in [-0.39, 0.29) is 5.54 Å². The standard InChI is InChI=1S/C14H25N3/c1-13(2,3)12-7-10-8-15-16-11(10)9-17(12)14(4,5)6/h8,12H,7,9H2,1-6H3,(H,15,16). The minimum atomic E-state index is 0.195. The van der Waals surface area contributed by atoms with Gasteiger partial charge in [-0.2, -0.15) is 5.10 Å². The van der Waals surface area contributed by atoms with Gasteiger partial charge in [-0.05, 0) is 38.2 Å².